The van der Waals surface area contributed by atoms with Gasteiger partial charge in [-0.2, -0.15) is 0 Å². The molecule has 1 heterocycles. The molecule has 0 atom stereocenters. The Morgan fingerprint density at radius 2 is 2.05 bits per heavy atom. The van der Waals surface area contributed by atoms with Crippen LogP contribution in [0.25, 0.3) is 0 Å². The Labute approximate surface area is 128 Å². The van der Waals surface area contributed by atoms with E-state index in [4.69, 9.17) is 6.42 Å². The highest BCUT2D eigenvalue weighted by atomic mass is 19.1. The third kappa shape index (κ3) is 2.49. The van der Waals surface area contributed by atoms with Gasteiger partial charge in [-0.25, -0.2) is 4.39 Å². The van der Waals surface area contributed by atoms with E-state index < -0.39 is 0 Å². The summed E-state index contributed by atoms with van der Waals surface area (Å²) in [7, 11) is 1.70. The number of amidine groups is 1. The van der Waals surface area contributed by atoms with Crippen LogP contribution in [0.2, 0.25) is 0 Å². The molecule has 0 saturated carbocycles. The molecule has 1 N–H and O–H groups in total. The van der Waals surface area contributed by atoms with Crippen molar-refractivity contribution < 1.29 is 4.39 Å². The van der Waals surface area contributed by atoms with E-state index in [-0.39, 0.29) is 5.82 Å². The van der Waals surface area contributed by atoms with E-state index in [0.717, 1.165) is 22.6 Å². The summed E-state index contributed by atoms with van der Waals surface area (Å²) in [6.45, 7) is 0.361. The van der Waals surface area contributed by atoms with Crippen LogP contribution < -0.4 is 5.32 Å². The number of rotatable bonds is 1. The number of hydrogen-bond donors (Lipinski definition) is 1. The topological polar surface area (TPSA) is 36.8 Å². The van der Waals surface area contributed by atoms with Crippen molar-refractivity contribution in [3.05, 3.63) is 65.0 Å². The van der Waals surface area contributed by atoms with Crippen LogP contribution in [0, 0.1) is 18.2 Å². The number of nitrogens with zero attached hydrogens (tertiary/aromatic N) is 2. The number of anilines is 1. The van der Waals surface area contributed by atoms with Gasteiger partial charge in [-0.15, -0.1) is 6.42 Å². The van der Waals surface area contributed by atoms with Gasteiger partial charge in [0.25, 0.3) is 0 Å². The van der Waals surface area contributed by atoms with E-state index in [9.17, 15) is 4.39 Å². The lowest BCUT2D eigenvalue weighted by atomic mass is 9.98. The first kappa shape index (κ1) is 14.0. The molecule has 0 amide bonds. The van der Waals surface area contributed by atoms with Crippen molar-refractivity contribution in [3.8, 4) is 12.3 Å². The highest BCUT2D eigenvalue weighted by Gasteiger charge is 2.19. The van der Waals surface area contributed by atoms with Crippen LogP contribution in [0.3, 0.4) is 0 Å². The minimum absolute atomic E-state index is 0.310. The summed E-state index contributed by atoms with van der Waals surface area (Å²) in [5, 5.41) is 3.22. The molecular formula is C18H14FN3. The molecule has 0 saturated heterocycles. The van der Waals surface area contributed by atoms with Crippen LogP contribution in [0.5, 0.6) is 0 Å². The first-order valence-corrected chi connectivity index (χ1v) is 6.86. The van der Waals surface area contributed by atoms with E-state index >= 15 is 0 Å². The number of nitrogens with one attached hydrogen (secondary N) is 1. The molecule has 0 bridgehead atoms. The summed E-state index contributed by atoms with van der Waals surface area (Å²) in [6.07, 6.45) is 5.48. The van der Waals surface area contributed by atoms with Crippen LogP contribution in [0.15, 0.2) is 52.4 Å². The summed E-state index contributed by atoms with van der Waals surface area (Å²) in [5.74, 6) is 3.02. The zero-order valence-corrected chi connectivity index (χ0v) is 12.1. The molecule has 108 valence electrons. The number of fused-ring (bicyclic) bond motifs is 1. The van der Waals surface area contributed by atoms with E-state index in [1.54, 1.807) is 25.2 Å². The second-order valence-electron chi connectivity index (χ2n) is 4.84. The molecule has 0 aliphatic carbocycles. The lowest BCUT2D eigenvalue weighted by molar-refractivity contribution is 0.625. The number of benzene rings is 2. The predicted molar refractivity (Wildman–Crippen MR) is 88.3 cm³/mol. The normalized spacial score (nSPS) is 15.3. The van der Waals surface area contributed by atoms with E-state index in [2.05, 4.69) is 21.2 Å². The van der Waals surface area contributed by atoms with Crippen molar-refractivity contribution in [1.29, 1.82) is 0 Å². The smallest absolute Gasteiger partial charge is 0.132 e. The average Bonchev–Trinajstić information content (AvgIpc) is 2.74. The molecule has 0 unspecified atom stereocenters. The van der Waals surface area contributed by atoms with Gasteiger partial charge in [-0.3, -0.25) is 9.98 Å². The summed E-state index contributed by atoms with van der Waals surface area (Å²) >= 11 is 0. The zero-order chi connectivity index (χ0) is 15.5. The third-order valence-corrected chi connectivity index (χ3v) is 3.51. The van der Waals surface area contributed by atoms with Gasteiger partial charge in [0.15, 0.2) is 0 Å². The maximum Gasteiger partial charge on any atom is 0.132 e. The molecular weight excluding hydrogens is 277 g/mol. The van der Waals surface area contributed by atoms with Crippen molar-refractivity contribution in [2.45, 2.75) is 0 Å². The average molecular weight is 291 g/mol. The summed E-state index contributed by atoms with van der Waals surface area (Å²) < 4.78 is 14.2. The zero-order valence-electron chi connectivity index (χ0n) is 12.1. The molecule has 2 aromatic rings. The lowest BCUT2D eigenvalue weighted by Crippen LogP contribution is -2.14. The maximum atomic E-state index is 14.2. The predicted octanol–water partition coefficient (Wildman–Crippen LogP) is 3.10. The van der Waals surface area contributed by atoms with Gasteiger partial charge in [-0.1, -0.05) is 18.1 Å². The first-order chi connectivity index (χ1) is 10.7. The Kier molecular flexibility index (Phi) is 3.71. The molecule has 4 heteroatoms. The Morgan fingerprint density at radius 3 is 2.77 bits per heavy atom. The van der Waals surface area contributed by atoms with Crippen LogP contribution in [0.4, 0.5) is 10.1 Å². The minimum Gasteiger partial charge on any atom is -0.342 e. The van der Waals surface area contributed by atoms with Gasteiger partial charge in [0.1, 0.15) is 11.7 Å². The molecule has 0 aromatic heterocycles. The van der Waals surface area contributed by atoms with Crippen LogP contribution in [-0.4, -0.2) is 25.1 Å². The van der Waals surface area contributed by atoms with Crippen LogP contribution >= 0.6 is 0 Å². The molecule has 0 fully saturated rings. The standard InChI is InChI=1S/C18H14FN3/c1-3-12-8-9-16-14(10-12)18(21-11-17(20-2)22-16)13-6-4-5-7-15(13)19/h1,4-10H,11H2,2H3,(H,20,22). The van der Waals surface area contributed by atoms with E-state index in [1.807, 2.05) is 18.2 Å². The number of benzodiazepines with no additional fused rings is 1. The monoisotopic (exact) mass is 291 g/mol. The summed E-state index contributed by atoms with van der Waals surface area (Å²) in [5.41, 5.74) is 3.35. The molecule has 22 heavy (non-hydrogen) atoms. The number of halogens is 1. The van der Waals surface area contributed by atoms with Crippen LogP contribution in [0.1, 0.15) is 16.7 Å². The second kappa shape index (κ2) is 5.82. The van der Waals surface area contributed by atoms with Crippen molar-refractivity contribution in [2.24, 2.45) is 9.98 Å². The fraction of sp³-hybridized carbons (Fsp3) is 0.111. The van der Waals surface area contributed by atoms with Gasteiger partial charge >= 0.3 is 0 Å². The van der Waals surface area contributed by atoms with E-state index in [0.29, 0.717) is 17.8 Å². The lowest BCUT2D eigenvalue weighted by Gasteiger charge is -2.11. The maximum absolute atomic E-state index is 14.2. The van der Waals surface area contributed by atoms with Gasteiger partial charge in [0.2, 0.25) is 0 Å². The highest BCUT2D eigenvalue weighted by molar-refractivity contribution is 6.19. The molecule has 0 radical (unpaired) electrons. The highest BCUT2D eigenvalue weighted by Crippen LogP contribution is 2.25. The molecule has 1 aliphatic heterocycles. The Hall–Kier alpha value is -2.93. The Bertz CT molecular complexity index is 828. The molecule has 2 aromatic carbocycles. The van der Waals surface area contributed by atoms with Gasteiger partial charge in [-0.05, 0) is 30.3 Å². The summed E-state index contributed by atoms with van der Waals surface area (Å²) in [4.78, 5) is 8.70. The van der Waals surface area contributed by atoms with Gasteiger partial charge < -0.3 is 5.32 Å². The van der Waals surface area contributed by atoms with Crippen molar-refractivity contribution in [3.63, 3.8) is 0 Å². The van der Waals surface area contributed by atoms with Crippen molar-refractivity contribution in [2.75, 3.05) is 18.9 Å². The van der Waals surface area contributed by atoms with Crippen LogP contribution in [-0.2, 0) is 0 Å². The first-order valence-electron chi connectivity index (χ1n) is 6.86. The quantitative estimate of drug-likeness (QED) is 0.805. The van der Waals surface area contributed by atoms with Crippen molar-refractivity contribution in [1.82, 2.24) is 0 Å². The summed E-state index contributed by atoms with van der Waals surface area (Å²) in [6, 6.07) is 12.1. The number of aliphatic imine (C=N–C) groups is 2. The SMILES string of the molecule is C#Cc1ccc2c(c1)C(c1ccccc1F)=NCC(=NC)N2. The fourth-order valence-electron chi connectivity index (χ4n) is 2.38. The largest absolute Gasteiger partial charge is 0.342 e. The Morgan fingerprint density at radius 1 is 1.23 bits per heavy atom. The Balaban J connectivity index is 2.24. The molecule has 3 rings (SSSR count). The number of terminal acetylenes is 1. The molecule has 1 aliphatic rings. The fourth-order valence-corrected chi connectivity index (χ4v) is 2.38. The minimum atomic E-state index is -0.310. The third-order valence-electron chi connectivity index (χ3n) is 3.51. The second-order valence-corrected chi connectivity index (χ2v) is 4.84. The molecule has 3 nitrogen and oxygen atoms in total. The molecule has 0 spiro atoms. The van der Waals surface area contributed by atoms with E-state index in [1.165, 1.54) is 6.07 Å². The van der Waals surface area contributed by atoms with Crippen molar-refractivity contribution >= 4 is 17.2 Å². The van der Waals surface area contributed by atoms with Gasteiger partial charge in [0, 0.05) is 29.4 Å². The van der Waals surface area contributed by atoms with Gasteiger partial charge in [0.05, 0.1) is 12.3 Å². The number of hydrogen-bond acceptors (Lipinski definition) is 2.